The standard InChI is InChI=1S/C11H14F3NO4/c1-19-8(17)9(2-3-9)7(16)15-5-4-10(18,6-15)11(12,13)14/h18H,2-6H2,1H3. The van der Waals surface area contributed by atoms with Crippen molar-refractivity contribution in [3.63, 3.8) is 0 Å². The first-order valence-corrected chi connectivity index (χ1v) is 5.83. The number of halogens is 3. The molecule has 8 heteroatoms. The van der Waals surface area contributed by atoms with Crippen molar-refractivity contribution in [2.24, 2.45) is 5.41 Å². The van der Waals surface area contributed by atoms with E-state index in [1.807, 2.05) is 0 Å². The van der Waals surface area contributed by atoms with E-state index in [0.717, 1.165) is 12.0 Å². The van der Waals surface area contributed by atoms with Gasteiger partial charge in [-0.15, -0.1) is 0 Å². The van der Waals surface area contributed by atoms with Gasteiger partial charge in [-0.25, -0.2) is 0 Å². The fourth-order valence-electron chi connectivity index (χ4n) is 2.33. The highest BCUT2D eigenvalue weighted by Crippen LogP contribution is 2.49. The Morgan fingerprint density at radius 3 is 2.21 bits per heavy atom. The van der Waals surface area contributed by atoms with Crippen LogP contribution in [0.3, 0.4) is 0 Å². The number of esters is 1. The van der Waals surface area contributed by atoms with Gasteiger partial charge in [0.25, 0.3) is 0 Å². The lowest BCUT2D eigenvalue weighted by atomic mass is 10.0. The number of amides is 1. The van der Waals surface area contributed by atoms with Crippen molar-refractivity contribution in [2.75, 3.05) is 20.2 Å². The zero-order valence-corrected chi connectivity index (χ0v) is 10.3. The molecular formula is C11H14F3NO4. The fraction of sp³-hybridized carbons (Fsp3) is 0.818. The molecule has 1 heterocycles. The van der Waals surface area contributed by atoms with Crippen LogP contribution < -0.4 is 0 Å². The number of nitrogens with zero attached hydrogens (tertiary/aromatic N) is 1. The molecule has 108 valence electrons. The number of hydrogen-bond donors (Lipinski definition) is 1. The van der Waals surface area contributed by atoms with Crippen LogP contribution in [0.2, 0.25) is 0 Å². The summed E-state index contributed by atoms with van der Waals surface area (Å²) in [5.74, 6) is -1.40. The first-order chi connectivity index (χ1) is 8.66. The van der Waals surface area contributed by atoms with Crippen molar-refractivity contribution in [3.05, 3.63) is 0 Å². The van der Waals surface area contributed by atoms with Crippen molar-refractivity contribution in [1.82, 2.24) is 4.90 Å². The average Bonchev–Trinajstić information content (AvgIpc) is 3.04. The summed E-state index contributed by atoms with van der Waals surface area (Å²) in [5.41, 5.74) is -4.21. The summed E-state index contributed by atoms with van der Waals surface area (Å²) in [4.78, 5) is 24.5. The molecule has 5 nitrogen and oxygen atoms in total. The van der Waals surface area contributed by atoms with Crippen molar-refractivity contribution in [3.8, 4) is 0 Å². The Labute approximate surface area is 107 Å². The minimum atomic E-state index is -4.79. The maximum atomic E-state index is 12.6. The van der Waals surface area contributed by atoms with Gasteiger partial charge in [-0.1, -0.05) is 0 Å². The Morgan fingerprint density at radius 1 is 1.26 bits per heavy atom. The van der Waals surface area contributed by atoms with Crippen molar-refractivity contribution >= 4 is 11.9 Å². The maximum absolute atomic E-state index is 12.6. The van der Waals surface area contributed by atoms with Crippen LogP contribution in [0.15, 0.2) is 0 Å². The third kappa shape index (κ3) is 2.07. The minimum Gasteiger partial charge on any atom is -0.468 e. The lowest BCUT2D eigenvalue weighted by molar-refractivity contribution is -0.253. The van der Waals surface area contributed by atoms with Gasteiger partial charge < -0.3 is 14.7 Å². The second-order valence-electron chi connectivity index (χ2n) is 5.08. The van der Waals surface area contributed by atoms with E-state index in [2.05, 4.69) is 4.74 Å². The smallest absolute Gasteiger partial charge is 0.419 e. The fourth-order valence-corrected chi connectivity index (χ4v) is 2.33. The molecule has 1 atom stereocenters. The van der Waals surface area contributed by atoms with E-state index in [9.17, 15) is 27.9 Å². The molecule has 0 bridgehead atoms. The molecule has 0 radical (unpaired) electrons. The van der Waals surface area contributed by atoms with E-state index in [4.69, 9.17) is 0 Å². The molecule has 1 aliphatic heterocycles. The van der Waals surface area contributed by atoms with Gasteiger partial charge in [0.1, 0.15) is 5.41 Å². The van der Waals surface area contributed by atoms with Gasteiger partial charge in [-0.3, -0.25) is 9.59 Å². The van der Waals surface area contributed by atoms with Crippen LogP contribution in [0.5, 0.6) is 0 Å². The Morgan fingerprint density at radius 2 is 1.84 bits per heavy atom. The molecule has 2 rings (SSSR count). The first kappa shape index (κ1) is 14.1. The quantitative estimate of drug-likeness (QED) is 0.590. The zero-order valence-electron chi connectivity index (χ0n) is 10.3. The molecule has 2 aliphatic rings. The molecule has 1 amide bonds. The minimum absolute atomic E-state index is 0.215. The Hall–Kier alpha value is -1.31. The van der Waals surface area contributed by atoms with E-state index < -0.39 is 42.0 Å². The normalized spacial score (nSPS) is 29.2. The van der Waals surface area contributed by atoms with Gasteiger partial charge in [-0.2, -0.15) is 13.2 Å². The molecule has 19 heavy (non-hydrogen) atoms. The molecule has 2 fully saturated rings. The Bertz CT molecular complexity index is 419. The molecule has 0 aromatic heterocycles. The number of carbonyl (C=O) groups excluding carboxylic acids is 2. The van der Waals surface area contributed by atoms with Crippen LogP contribution in [0.1, 0.15) is 19.3 Å². The highest BCUT2D eigenvalue weighted by Gasteiger charge is 2.63. The first-order valence-electron chi connectivity index (χ1n) is 5.83. The van der Waals surface area contributed by atoms with Gasteiger partial charge in [0.05, 0.1) is 13.7 Å². The zero-order chi connectivity index (χ0) is 14.5. The summed E-state index contributed by atoms with van der Waals surface area (Å²) in [5, 5.41) is 9.49. The molecule has 1 unspecified atom stereocenters. The third-order valence-electron chi connectivity index (χ3n) is 3.80. The van der Waals surface area contributed by atoms with Gasteiger partial charge in [-0.05, 0) is 12.8 Å². The summed E-state index contributed by atoms with van der Waals surface area (Å²) >= 11 is 0. The van der Waals surface area contributed by atoms with E-state index in [-0.39, 0.29) is 19.4 Å². The second-order valence-corrected chi connectivity index (χ2v) is 5.08. The predicted octanol–water partition coefficient (Wildman–Crippen LogP) is 0.465. The van der Waals surface area contributed by atoms with Crippen molar-refractivity contribution in [2.45, 2.75) is 31.0 Å². The average molecular weight is 281 g/mol. The van der Waals surface area contributed by atoms with Crippen LogP contribution in [-0.2, 0) is 14.3 Å². The van der Waals surface area contributed by atoms with Crippen LogP contribution in [-0.4, -0.2) is 53.9 Å². The number of ether oxygens (including phenoxy) is 1. The van der Waals surface area contributed by atoms with Crippen molar-refractivity contribution in [1.29, 1.82) is 0 Å². The van der Waals surface area contributed by atoms with E-state index in [1.165, 1.54) is 0 Å². The maximum Gasteiger partial charge on any atom is 0.419 e. The molecular weight excluding hydrogens is 267 g/mol. The number of hydrogen-bond acceptors (Lipinski definition) is 4. The molecule has 0 aromatic carbocycles. The summed E-state index contributed by atoms with van der Waals surface area (Å²) in [6.07, 6.45) is -4.80. The molecule has 1 saturated heterocycles. The van der Waals surface area contributed by atoms with Gasteiger partial charge in [0.15, 0.2) is 5.60 Å². The molecule has 1 saturated carbocycles. The molecule has 1 aliphatic carbocycles. The number of aliphatic hydroxyl groups is 1. The van der Waals surface area contributed by atoms with Crippen LogP contribution in [0.4, 0.5) is 13.2 Å². The third-order valence-corrected chi connectivity index (χ3v) is 3.80. The SMILES string of the molecule is COC(=O)C1(C(=O)N2CCC(O)(C(F)(F)F)C2)CC1. The van der Waals surface area contributed by atoms with Crippen LogP contribution in [0.25, 0.3) is 0 Å². The monoisotopic (exact) mass is 281 g/mol. The number of methoxy groups -OCH3 is 1. The predicted molar refractivity (Wildman–Crippen MR) is 55.9 cm³/mol. The number of likely N-dealkylation sites (tertiary alicyclic amines) is 1. The number of rotatable bonds is 2. The summed E-state index contributed by atoms with van der Waals surface area (Å²) in [6.45, 7) is -1.04. The Balaban J connectivity index is 2.10. The summed E-state index contributed by atoms with van der Waals surface area (Å²) < 4.78 is 42.4. The van der Waals surface area contributed by atoms with Crippen LogP contribution in [0, 0.1) is 5.41 Å². The van der Waals surface area contributed by atoms with Gasteiger partial charge >= 0.3 is 12.1 Å². The molecule has 1 N–H and O–H groups in total. The van der Waals surface area contributed by atoms with E-state index in [1.54, 1.807) is 0 Å². The summed E-state index contributed by atoms with van der Waals surface area (Å²) in [7, 11) is 1.13. The molecule has 0 aromatic rings. The topological polar surface area (TPSA) is 66.8 Å². The van der Waals surface area contributed by atoms with E-state index in [0.29, 0.717) is 0 Å². The van der Waals surface area contributed by atoms with Crippen molar-refractivity contribution < 1.29 is 32.6 Å². The highest BCUT2D eigenvalue weighted by molar-refractivity contribution is 6.05. The largest absolute Gasteiger partial charge is 0.468 e. The second kappa shape index (κ2) is 4.09. The number of alkyl halides is 3. The number of β-amino-alcohol motifs (C(OH)–C–C–N with tert-alkyl or cyclic N) is 1. The highest BCUT2D eigenvalue weighted by atomic mass is 19.4. The Kier molecular flexibility index (Phi) is 3.04. The lowest BCUT2D eigenvalue weighted by Gasteiger charge is -2.27. The van der Waals surface area contributed by atoms with Gasteiger partial charge in [0, 0.05) is 13.0 Å². The number of carbonyl (C=O) groups is 2. The molecule has 0 spiro atoms. The van der Waals surface area contributed by atoms with E-state index >= 15 is 0 Å². The van der Waals surface area contributed by atoms with Gasteiger partial charge in [0.2, 0.25) is 5.91 Å². The summed E-state index contributed by atoms with van der Waals surface area (Å²) in [6, 6.07) is 0. The van der Waals surface area contributed by atoms with Crippen LogP contribution >= 0.6 is 0 Å². The lowest BCUT2D eigenvalue weighted by Crippen LogP contribution is -2.49.